The summed E-state index contributed by atoms with van der Waals surface area (Å²) in [6.07, 6.45) is 12.9. The molecule has 0 N–H and O–H groups in total. The van der Waals surface area contributed by atoms with E-state index in [1.54, 1.807) is 0 Å². The molecule has 0 spiro atoms. The van der Waals surface area contributed by atoms with Crippen LogP contribution in [0, 0.1) is 0 Å². The molecule has 0 aromatic carbocycles. The number of hydrogen-bond acceptors (Lipinski definition) is 0. The molecule has 0 aromatic heterocycles. The van der Waals surface area contributed by atoms with E-state index >= 15 is 0 Å². The normalized spacial score (nSPS) is 16.0. The molecule has 0 unspecified atom stereocenters. The van der Waals surface area contributed by atoms with Crippen molar-refractivity contribution in [3.05, 3.63) is 44.6 Å². The van der Waals surface area contributed by atoms with E-state index < -0.39 is 0 Å². The Balaban J connectivity index is 2.70. The molecule has 2 heteroatoms. The van der Waals surface area contributed by atoms with Gasteiger partial charge in [-0.3, -0.25) is 0 Å². The van der Waals surface area contributed by atoms with E-state index in [1.165, 1.54) is 0 Å². The number of rotatable bonds is 0. The van der Waals surface area contributed by atoms with Gasteiger partial charge in [-0.15, -0.1) is 0 Å². The van der Waals surface area contributed by atoms with Crippen molar-refractivity contribution in [2.24, 2.45) is 0 Å². The topological polar surface area (TPSA) is 0 Å². The molecule has 10 heavy (non-hydrogen) atoms. The molecule has 0 nitrogen and oxygen atoms in total. The third kappa shape index (κ3) is 4.39. The Morgan fingerprint density at radius 2 is 0.900 bits per heavy atom. The van der Waals surface area contributed by atoms with E-state index in [2.05, 4.69) is 44.6 Å². The first-order chi connectivity index (χ1) is 5.00. The average Bonchev–Trinajstić information content (AvgIpc) is 2.01. The molecule has 1 aliphatic rings. The molecule has 0 radical (unpaired) electrons. The Kier molecular flexibility index (Phi) is 5.43. The molecule has 0 saturated heterocycles. The van der Waals surface area contributed by atoms with Gasteiger partial charge in [0.15, 0.2) is 0 Å². The van der Waals surface area contributed by atoms with Gasteiger partial charge in [-0.05, 0) is 0 Å². The fourth-order valence-electron chi connectivity index (χ4n) is 0.642. The molecule has 0 saturated carbocycles. The van der Waals surface area contributed by atoms with Crippen LogP contribution in [0.15, 0.2) is 44.6 Å². The summed E-state index contributed by atoms with van der Waals surface area (Å²) in [5.74, 6) is 0. The molecule has 50 valence electrons. The van der Waals surface area contributed by atoms with Crippen molar-refractivity contribution in [1.82, 2.24) is 0 Å². The van der Waals surface area contributed by atoms with E-state index in [0.29, 0.717) is 0 Å². The van der Waals surface area contributed by atoms with E-state index in [0.717, 1.165) is 0 Å². The maximum atomic E-state index is 2.46. The van der Waals surface area contributed by atoms with Gasteiger partial charge in [0.1, 0.15) is 0 Å². The third-order valence-electron chi connectivity index (χ3n) is 1.11. The second kappa shape index (κ2) is 6.28. The SMILES string of the molecule is C1=CC=[CH][SnH]=[SnH][CH]=CC=C1. The summed E-state index contributed by atoms with van der Waals surface area (Å²) < 4.78 is 4.91. The fourth-order valence-corrected chi connectivity index (χ4v) is 12.7. The molecule has 1 rings (SSSR count). The van der Waals surface area contributed by atoms with E-state index in [1.807, 2.05) is 0 Å². The van der Waals surface area contributed by atoms with Crippen molar-refractivity contribution < 1.29 is 0 Å². The van der Waals surface area contributed by atoms with Crippen molar-refractivity contribution in [2.75, 3.05) is 0 Å². The van der Waals surface area contributed by atoms with Crippen LogP contribution in [-0.4, -0.2) is 33.1 Å². The van der Waals surface area contributed by atoms with Crippen LogP contribution in [0.25, 0.3) is 0 Å². The minimum absolute atomic E-state index is 0.148. The van der Waals surface area contributed by atoms with Gasteiger partial charge in [-0.2, -0.15) is 0 Å². The fraction of sp³-hybridized carbons (Fsp3) is 0. The first-order valence-electron chi connectivity index (χ1n) is 3.33. The summed E-state index contributed by atoms with van der Waals surface area (Å²) in [5, 5.41) is 0. The quantitative estimate of drug-likeness (QED) is 0.574. The van der Waals surface area contributed by atoms with Crippen molar-refractivity contribution in [3.63, 3.8) is 0 Å². The second-order valence-electron chi connectivity index (χ2n) is 1.92. The van der Waals surface area contributed by atoms with Gasteiger partial charge < -0.3 is 0 Å². The second-order valence-corrected chi connectivity index (χ2v) is 21.1. The zero-order valence-electron chi connectivity index (χ0n) is 5.77. The first kappa shape index (κ1) is 8.65. The Bertz CT molecular complexity index is 141. The summed E-state index contributed by atoms with van der Waals surface area (Å²) in [5.41, 5.74) is 0. The summed E-state index contributed by atoms with van der Waals surface area (Å²) in [7, 11) is 0. The van der Waals surface area contributed by atoms with Crippen LogP contribution in [0.2, 0.25) is 0 Å². The Morgan fingerprint density at radius 1 is 0.500 bits per heavy atom. The number of hydrogen-bond donors (Lipinski definition) is 0. The zero-order valence-corrected chi connectivity index (χ0v) is 12.4. The molecule has 0 bridgehead atoms. The summed E-state index contributed by atoms with van der Waals surface area (Å²) >= 11 is -0.297. The Morgan fingerprint density at radius 3 is 1.40 bits per heavy atom. The van der Waals surface area contributed by atoms with Gasteiger partial charge in [0.05, 0.1) is 0 Å². The average molecular weight is 344 g/mol. The van der Waals surface area contributed by atoms with Gasteiger partial charge in [0.25, 0.3) is 0 Å². The first-order valence-corrected chi connectivity index (χ1v) is 21.8. The van der Waals surface area contributed by atoms with Crippen molar-refractivity contribution in [3.8, 4) is 0 Å². The predicted molar refractivity (Wildman–Crippen MR) is 50.9 cm³/mol. The van der Waals surface area contributed by atoms with Crippen molar-refractivity contribution in [2.45, 2.75) is 0 Å². The van der Waals surface area contributed by atoms with Crippen LogP contribution in [0.3, 0.4) is 0 Å². The predicted octanol–water partition coefficient (Wildman–Crippen LogP) is 0.928. The molecular weight excluding hydrogens is 334 g/mol. The maximum absolute atomic E-state index is 2.46. The molecule has 0 fully saturated rings. The van der Waals surface area contributed by atoms with Gasteiger partial charge in [0, 0.05) is 0 Å². The van der Waals surface area contributed by atoms with Gasteiger partial charge in [0.2, 0.25) is 0 Å². The summed E-state index contributed by atoms with van der Waals surface area (Å²) in [6, 6.07) is 0. The molecule has 0 aromatic rings. The summed E-state index contributed by atoms with van der Waals surface area (Å²) in [6.45, 7) is 0. The Labute approximate surface area is 77.0 Å². The van der Waals surface area contributed by atoms with Crippen LogP contribution in [0.5, 0.6) is 0 Å². The summed E-state index contributed by atoms with van der Waals surface area (Å²) in [4.78, 5) is 0. The zero-order chi connectivity index (χ0) is 7.07. The molecule has 0 aliphatic carbocycles. The van der Waals surface area contributed by atoms with Crippen LogP contribution in [0.1, 0.15) is 0 Å². The standard InChI is InChI=1S/C8H8.2Sn.2H/c1-3-5-7-8-6-4-2;;;;/h1-8H;;;;. The van der Waals surface area contributed by atoms with Crippen LogP contribution in [0.4, 0.5) is 0 Å². The number of allylic oxidation sites excluding steroid dienone is 6. The van der Waals surface area contributed by atoms with E-state index in [4.69, 9.17) is 0 Å². The van der Waals surface area contributed by atoms with Gasteiger partial charge in [-0.1, -0.05) is 0 Å². The van der Waals surface area contributed by atoms with Crippen molar-refractivity contribution in [1.29, 1.82) is 0 Å². The Hall–Kier alpha value is 0.557. The monoisotopic (exact) mass is 346 g/mol. The van der Waals surface area contributed by atoms with E-state index in [-0.39, 0.29) is 33.1 Å². The van der Waals surface area contributed by atoms with Gasteiger partial charge >= 0.3 is 77.8 Å². The van der Waals surface area contributed by atoms with Gasteiger partial charge in [-0.25, -0.2) is 0 Å². The van der Waals surface area contributed by atoms with E-state index in [9.17, 15) is 0 Å². The third-order valence-corrected chi connectivity index (χ3v) is 17.0. The molecule has 1 aliphatic heterocycles. The minimum atomic E-state index is -0.148. The molecular formula is C8H10Sn2. The van der Waals surface area contributed by atoms with Crippen LogP contribution >= 0.6 is 0 Å². The molecule has 0 amide bonds. The molecule has 1 heterocycles. The van der Waals surface area contributed by atoms with Crippen LogP contribution in [-0.2, 0) is 0 Å². The molecule has 0 atom stereocenters. The van der Waals surface area contributed by atoms with Crippen molar-refractivity contribution >= 4 is 33.1 Å². The van der Waals surface area contributed by atoms with Crippen LogP contribution < -0.4 is 0 Å².